The number of ether oxygens (including phenoxy) is 2. The molecular weight excluding hydrogens is 330 g/mol. The van der Waals surface area contributed by atoms with Crippen LogP contribution in [0.3, 0.4) is 0 Å². The van der Waals surface area contributed by atoms with Crippen molar-refractivity contribution < 1.29 is 24.2 Å². The standard InChI is InChI=1S/C17H19NO5S/c1-4-7-18-16(20)14(15(17(18)21)24-9-8-19)11-5-6-12(22-2)13(10-11)23-3/h4-6,10,19H,1,7-9H2,2-3H3. The summed E-state index contributed by atoms with van der Waals surface area (Å²) in [6, 6.07) is 5.05. The molecule has 0 aliphatic carbocycles. The number of imide groups is 1. The van der Waals surface area contributed by atoms with E-state index in [0.717, 1.165) is 16.7 Å². The summed E-state index contributed by atoms with van der Waals surface area (Å²) >= 11 is 1.16. The predicted octanol–water partition coefficient (Wildman–Crippen LogP) is 1.70. The lowest BCUT2D eigenvalue weighted by atomic mass is 10.1. The zero-order valence-corrected chi connectivity index (χ0v) is 14.4. The maximum absolute atomic E-state index is 12.7. The van der Waals surface area contributed by atoms with E-state index in [0.29, 0.717) is 33.3 Å². The van der Waals surface area contributed by atoms with Gasteiger partial charge in [0.1, 0.15) is 0 Å². The van der Waals surface area contributed by atoms with Gasteiger partial charge in [0.25, 0.3) is 11.8 Å². The predicted molar refractivity (Wildman–Crippen MR) is 92.9 cm³/mol. The number of rotatable bonds is 8. The van der Waals surface area contributed by atoms with Gasteiger partial charge in [-0.3, -0.25) is 14.5 Å². The van der Waals surface area contributed by atoms with Gasteiger partial charge in [-0.1, -0.05) is 12.1 Å². The molecule has 0 bridgehead atoms. The average Bonchev–Trinajstić information content (AvgIpc) is 2.83. The Morgan fingerprint density at radius 2 is 1.92 bits per heavy atom. The highest BCUT2D eigenvalue weighted by atomic mass is 32.2. The van der Waals surface area contributed by atoms with Gasteiger partial charge in [0, 0.05) is 12.3 Å². The molecule has 2 amide bonds. The number of nitrogens with zero attached hydrogens (tertiary/aromatic N) is 1. The topological polar surface area (TPSA) is 76.1 Å². The van der Waals surface area contributed by atoms with Crippen LogP contribution in [-0.2, 0) is 9.59 Å². The van der Waals surface area contributed by atoms with Crippen LogP contribution in [0.2, 0.25) is 0 Å². The smallest absolute Gasteiger partial charge is 0.268 e. The third-order valence-electron chi connectivity index (χ3n) is 3.45. The number of benzene rings is 1. The Morgan fingerprint density at radius 3 is 2.50 bits per heavy atom. The molecule has 24 heavy (non-hydrogen) atoms. The van der Waals surface area contributed by atoms with E-state index < -0.39 is 0 Å². The Bertz CT molecular complexity index is 698. The minimum absolute atomic E-state index is 0.0870. The first-order valence-electron chi connectivity index (χ1n) is 7.26. The molecule has 0 atom stereocenters. The Hall–Kier alpha value is -2.25. The van der Waals surface area contributed by atoms with Crippen molar-refractivity contribution in [2.24, 2.45) is 0 Å². The molecule has 0 saturated heterocycles. The summed E-state index contributed by atoms with van der Waals surface area (Å²) in [6.45, 7) is 3.63. The summed E-state index contributed by atoms with van der Waals surface area (Å²) in [5.41, 5.74) is 0.874. The average molecular weight is 349 g/mol. The lowest BCUT2D eigenvalue weighted by molar-refractivity contribution is -0.135. The summed E-state index contributed by atoms with van der Waals surface area (Å²) in [6.07, 6.45) is 1.50. The van der Waals surface area contributed by atoms with Crippen molar-refractivity contribution >= 4 is 29.1 Å². The summed E-state index contributed by atoms with van der Waals surface area (Å²) < 4.78 is 10.5. The maximum Gasteiger partial charge on any atom is 0.268 e. The largest absolute Gasteiger partial charge is 0.493 e. The Morgan fingerprint density at radius 1 is 1.21 bits per heavy atom. The second-order valence-corrected chi connectivity index (χ2v) is 5.96. The quantitative estimate of drug-likeness (QED) is 0.569. The third-order valence-corrected chi connectivity index (χ3v) is 4.50. The fourth-order valence-corrected chi connectivity index (χ4v) is 3.26. The molecule has 1 aromatic rings. The van der Waals surface area contributed by atoms with Crippen molar-refractivity contribution in [1.29, 1.82) is 0 Å². The van der Waals surface area contributed by atoms with Crippen LogP contribution in [0, 0.1) is 0 Å². The van der Waals surface area contributed by atoms with Crippen molar-refractivity contribution in [3.63, 3.8) is 0 Å². The minimum atomic E-state index is -0.382. The first-order chi connectivity index (χ1) is 11.6. The van der Waals surface area contributed by atoms with E-state index >= 15 is 0 Å². The highest BCUT2D eigenvalue weighted by Gasteiger charge is 2.38. The molecule has 0 radical (unpaired) electrons. The van der Waals surface area contributed by atoms with Crippen LogP contribution in [0.1, 0.15) is 5.56 Å². The molecule has 0 aromatic heterocycles. The van der Waals surface area contributed by atoms with Crippen LogP contribution in [0.4, 0.5) is 0 Å². The molecule has 0 saturated carbocycles. The van der Waals surface area contributed by atoms with Gasteiger partial charge >= 0.3 is 0 Å². The molecule has 128 valence electrons. The second-order valence-electron chi connectivity index (χ2n) is 4.86. The van der Waals surface area contributed by atoms with Gasteiger partial charge in [-0.25, -0.2) is 0 Å². The molecule has 1 aromatic carbocycles. The van der Waals surface area contributed by atoms with Gasteiger partial charge in [-0.2, -0.15) is 0 Å². The fraction of sp³-hybridized carbons (Fsp3) is 0.294. The maximum atomic E-state index is 12.7. The van der Waals surface area contributed by atoms with Crippen molar-refractivity contribution in [2.45, 2.75) is 0 Å². The van der Waals surface area contributed by atoms with Crippen molar-refractivity contribution in [3.05, 3.63) is 41.3 Å². The molecule has 1 heterocycles. The van der Waals surface area contributed by atoms with Crippen molar-refractivity contribution in [3.8, 4) is 11.5 Å². The van der Waals surface area contributed by atoms with Gasteiger partial charge in [-0.05, 0) is 17.7 Å². The molecule has 0 spiro atoms. The summed E-state index contributed by atoms with van der Waals surface area (Å²) in [5.74, 6) is 0.575. The van der Waals surface area contributed by atoms with E-state index in [-0.39, 0.29) is 25.0 Å². The second kappa shape index (κ2) is 8.03. The van der Waals surface area contributed by atoms with E-state index in [9.17, 15) is 9.59 Å². The summed E-state index contributed by atoms with van der Waals surface area (Å²) in [7, 11) is 3.03. The number of methoxy groups -OCH3 is 2. The first kappa shape index (κ1) is 18.1. The van der Waals surface area contributed by atoms with E-state index in [4.69, 9.17) is 14.6 Å². The highest BCUT2D eigenvalue weighted by Crippen LogP contribution is 2.38. The normalized spacial score (nSPS) is 14.4. The number of aliphatic hydroxyl groups is 1. The van der Waals surface area contributed by atoms with Gasteiger partial charge < -0.3 is 14.6 Å². The van der Waals surface area contributed by atoms with Crippen LogP contribution in [0.15, 0.2) is 35.8 Å². The summed E-state index contributed by atoms with van der Waals surface area (Å²) in [5, 5.41) is 9.05. The van der Waals surface area contributed by atoms with Crippen LogP contribution < -0.4 is 9.47 Å². The zero-order chi connectivity index (χ0) is 17.7. The number of hydrogen-bond donors (Lipinski definition) is 1. The van der Waals surface area contributed by atoms with E-state index in [2.05, 4.69) is 6.58 Å². The molecule has 6 nitrogen and oxygen atoms in total. The van der Waals surface area contributed by atoms with Gasteiger partial charge in [0.15, 0.2) is 11.5 Å². The zero-order valence-electron chi connectivity index (χ0n) is 13.6. The number of amides is 2. The lowest BCUT2D eigenvalue weighted by Gasteiger charge is -2.12. The number of carbonyl (C=O) groups excluding carboxylic acids is 2. The first-order valence-corrected chi connectivity index (χ1v) is 8.25. The Kier molecular flexibility index (Phi) is 6.05. The molecule has 1 aliphatic heterocycles. The number of aliphatic hydroxyl groups excluding tert-OH is 1. The van der Waals surface area contributed by atoms with Gasteiger partial charge in [0.05, 0.1) is 31.3 Å². The van der Waals surface area contributed by atoms with Crippen LogP contribution >= 0.6 is 11.8 Å². The van der Waals surface area contributed by atoms with Gasteiger partial charge in [0.2, 0.25) is 0 Å². The summed E-state index contributed by atoms with van der Waals surface area (Å²) in [4.78, 5) is 26.7. The molecule has 1 N–H and O–H groups in total. The van der Waals surface area contributed by atoms with Crippen molar-refractivity contribution in [2.75, 3.05) is 33.1 Å². The Balaban J connectivity index is 2.53. The molecule has 1 aliphatic rings. The van der Waals surface area contributed by atoms with Crippen LogP contribution in [0.5, 0.6) is 11.5 Å². The molecule has 0 unspecified atom stereocenters. The monoisotopic (exact) mass is 349 g/mol. The Labute approximate surface area is 144 Å². The molecule has 2 rings (SSSR count). The molecular formula is C17H19NO5S. The van der Waals surface area contributed by atoms with Crippen LogP contribution in [-0.4, -0.2) is 54.9 Å². The molecule has 7 heteroatoms. The molecule has 0 fully saturated rings. The van der Waals surface area contributed by atoms with E-state index in [1.807, 2.05) is 0 Å². The van der Waals surface area contributed by atoms with E-state index in [1.165, 1.54) is 20.3 Å². The van der Waals surface area contributed by atoms with Gasteiger partial charge in [-0.15, -0.1) is 18.3 Å². The third kappa shape index (κ3) is 3.32. The van der Waals surface area contributed by atoms with Crippen molar-refractivity contribution in [1.82, 2.24) is 4.90 Å². The SMILES string of the molecule is C=CCN1C(=O)C(SCCO)=C(c2ccc(OC)c(OC)c2)C1=O. The number of carbonyl (C=O) groups is 2. The lowest BCUT2D eigenvalue weighted by Crippen LogP contribution is -2.31. The highest BCUT2D eigenvalue weighted by molar-refractivity contribution is 8.04. The van der Waals surface area contributed by atoms with E-state index in [1.54, 1.807) is 18.2 Å². The fourth-order valence-electron chi connectivity index (χ4n) is 2.38. The van der Waals surface area contributed by atoms with Crippen LogP contribution in [0.25, 0.3) is 5.57 Å². The minimum Gasteiger partial charge on any atom is -0.493 e. The number of thioether (sulfide) groups is 1. The number of hydrogen-bond acceptors (Lipinski definition) is 6.